The number of amides is 1. The summed E-state index contributed by atoms with van der Waals surface area (Å²) in [5.41, 5.74) is 0.953. The number of hydrogen-bond acceptors (Lipinski definition) is 6. The Bertz CT molecular complexity index is 732. The van der Waals surface area contributed by atoms with E-state index in [1.165, 1.54) is 0 Å². The van der Waals surface area contributed by atoms with Gasteiger partial charge in [0, 0.05) is 31.0 Å². The lowest BCUT2D eigenvalue weighted by Gasteiger charge is -2.19. The molecule has 1 aliphatic heterocycles. The number of carbonyl (C=O) groups is 1. The minimum absolute atomic E-state index is 0.289. The molecule has 3 rings (SSSR count). The Labute approximate surface area is 140 Å². The monoisotopic (exact) mass is 328 g/mol. The van der Waals surface area contributed by atoms with Gasteiger partial charge in [-0.25, -0.2) is 9.97 Å². The molecule has 24 heavy (non-hydrogen) atoms. The molecule has 0 unspecified atom stereocenters. The second-order valence-corrected chi connectivity index (χ2v) is 5.23. The van der Waals surface area contributed by atoms with Gasteiger partial charge in [-0.1, -0.05) is 0 Å². The van der Waals surface area contributed by atoms with Gasteiger partial charge in [0.15, 0.2) is 11.5 Å². The molecule has 0 aliphatic carbocycles. The average molecular weight is 328 g/mol. The van der Waals surface area contributed by atoms with Gasteiger partial charge in [-0.05, 0) is 32.0 Å². The zero-order valence-corrected chi connectivity index (χ0v) is 13.8. The maximum Gasteiger partial charge on any atom is 0.274 e. The van der Waals surface area contributed by atoms with Gasteiger partial charge in [-0.2, -0.15) is 0 Å². The second-order valence-electron chi connectivity index (χ2n) is 5.23. The number of hydrogen-bond donors (Lipinski definition) is 1. The lowest BCUT2D eigenvalue weighted by molar-refractivity contribution is 0.102. The van der Waals surface area contributed by atoms with Gasteiger partial charge >= 0.3 is 0 Å². The van der Waals surface area contributed by atoms with Crippen LogP contribution in [0.4, 0.5) is 11.6 Å². The number of aromatic nitrogens is 2. The second kappa shape index (κ2) is 7.16. The SMILES string of the molecule is CCN(CC)c1nccc(C(=O)Nc2ccc3c(c2)OCCO3)n1. The molecule has 2 heterocycles. The van der Waals surface area contributed by atoms with Crippen molar-refractivity contribution in [3.63, 3.8) is 0 Å². The smallest absolute Gasteiger partial charge is 0.274 e. The average Bonchev–Trinajstić information content (AvgIpc) is 2.63. The Kier molecular flexibility index (Phi) is 4.79. The van der Waals surface area contributed by atoms with Crippen LogP contribution in [-0.4, -0.2) is 42.2 Å². The molecule has 0 spiro atoms. The van der Waals surface area contributed by atoms with Crippen LogP contribution in [0.15, 0.2) is 30.5 Å². The lowest BCUT2D eigenvalue weighted by Crippen LogP contribution is -2.25. The minimum atomic E-state index is -0.289. The van der Waals surface area contributed by atoms with E-state index < -0.39 is 0 Å². The van der Waals surface area contributed by atoms with Crippen LogP contribution in [0.3, 0.4) is 0 Å². The first-order valence-electron chi connectivity index (χ1n) is 8.00. The molecular formula is C17H20N4O3. The summed E-state index contributed by atoms with van der Waals surface area (Å²) in [6.45, 7) is 6.65. The van der Waals surface area contributed by atoms with Gasteiger partial charge in [0.05, 0.1) is 0 Å². The van der Waals surface area contributed by atoms with Crippen LogP contribution in [0.5, 0.6) is 11.5 Å². The van der Waals surface area contributed by atoms with Gasteiger partial charge in [-0.15, -0.1) is 0 Å². The number of carbonyl (C=O) groups excluding carboxylic acids is 1. The van der Waals surface area contributed by atoms with Crippen molar-refractivity contribution in [3.05, 3.63) is 36.2 Å². The van der Waals surface area contributed by atoms with E-state index in [1.54, 1.807) is 30.5 Å². The molecule has 126 valence electrons. The largest absolute Gasteiger partial charge is 0.486 e. The number of rotatable bonds is 5. The van der Waals surface area contributed by atoms with E-state index in [-0.39, 0.29) is 5.91 Å². The Balaban J connectivity index is 1.76. The number of benzene rings is 1. The Hall–Kier alpha value is -2.83. The van der Waals surface area contributed by atoms with Crippen molar-refractivity contribution in [2.45, 2.75) is 13.8 Å². The number of nitrogens with zero attached hydrogens (tertiary/aromatic N) is 3. The highest BCUT2D eigenvalue weighted by Crippen LogP contribution is 2.32. The predicted octanol–water partition coefficient (Wildman–Crippen LogP) is 2.35. The van der Waals surface area contributed by atoms with Crippen LogP contribution in [0.1, 0.15) is 24.3 Å². The highest BCUT2D eigenvalue weighted by atomic mass is 16.6. The third kappa shape index (κ3) is 3.40. The molecule has 0 atom stereocenters. The van der Waals surface area contributed by atoms with E-state index in [0.29, 0.717) is 42.0 Å². The van der Waals surface area contributed by atoms with Crippen molar-refractivity contribution in [1.82, 2.24) is 9.97 Å². The molecule has 0 saturated heterocycles. The van der Waals surface area contributed by atoms with Crippen molar-refractivity contribution in [2.24, 2.45) is 0 Å². The van der Waals surface area contributed by atoms with Crippen LogP contribution in [-0.2, 0) is 0 Å². The number of ether oxygens (including phenoxy) is 2. The van der Waals surface area contributed by atoms with Crippen LogP contribution in [0, 0.1) is 0 Å². The van der Waals surface area contributed by atoms with E-state index in [1.807, 2.05) is 18.7 Å². The Morgan fingerprint density at radius 3 is 2.67 bits per heavy atom. The Morgan fingerprint density at radius 2 is 1.92 bits per heavy atom. The molecule has 0 saturated carbocycles. The van der Waals surface area contributed by atoms with Crippen LogP contribution < -0.4 is 19.7 Å². The molecular weight excluding hydrogens is 308 g/mol. The summed E-state index contributed by atoms with van der Waals surface area (Å²) < 4.78 is 11.0. The fourth-order valence-electron chi connectivity index (χ4n) is 2.45. The first-order chi connectivity index (χ1) is 11.7. The van der Waals surface area contributed by atoms with Crippen LogP contribution in [0.25, 0.3) is 0 Å². The van der Waals surface area contributed by atoms with Gasteiger partial charge in [0.2, 0.25) is 5.95 Å². The standard InChI is InChI=1S/C17H20N4O3/c1-3-21(4-2)17-18-8-7-13(20-17)16(22)19-12-5-6-14-15(11-12)24-10-9-23-14/h5-8,11H,3-4,9-10H2,1-2H3,(H,19,22). The van der Waals surface area contributed by atoms with Crippen molar-refractivity contribution < 1.29 is 14.3 Å². The molecule has 7 heteroatoms. The van der Waals surface area contributed by atoms with Crippen molar-refractivity contribution in [3.8, 4) is 11.5 Å². The third-order valence-electron chi connectivity index (χ3n) is 3.72. The van der Waals surface area contributed by atoms with Gasteiger partial charge in [0.1, 0.15) is 18.9 Å². The molecule has 0 radical (unpaired) electrons. The van der Waals surface area contributed by atoms with Gasteiger partial charge in [0.25, 0.3) is 5.91 Å². The van der Waals surface area contributed by atoms with Crippen LogP contribution >= 0.6 is 0 Å². The van der Waals surface area contributed by atoms with Gasteiger partial charge < -0.3 is 19.7 Å². The molecule has 1 amide bonds. The zero-order chi connectivity index (χ0) is 16.9. The number of anilines is 2. The first kappa shape index (κ1) is 16.0. The summed E-state index contributed by atoms with van der Waals surface area (Å²) in [6, 6.07) is 6.91. The quantitative estimate of drug-likeness (QED) is 0.908. The van der Waals surface area contributed by atoms with E-state index in [9.17, 15) is 4.79 Å². The topological polar surface area (TPSA) is 76.6 Å². The zero-order valence-electron chi connectivity index (χ0n) is 13.8. The van der Waals surface area contributed by atoms with Gasteiger partial charge in [-0.3, -0.25) is 4.79 Å². The Morgan fingerprint density at radius 1 is 1.17 bits per heavy atom. The summed E-state index contributed by atoms with van der Waals surface area (Å²) in [7, 11) is 0. The molecule has 2 aromatic rings. The molecule has 1 N–H and O–H groups in total. The highest BCUT2D eigenvalue weighted by Gasteiger charge is 2.15. The first-order valence-corrected chi connectivity index (χ1v) is 8.00. The molecule has 1 aromatic heterocycles. The summed E-state index contributed by atoms with van der Waals surface area (Å²) in [6.07, 6.45) is 1.60. The van der Waals surface area contributed by atoms with Crippen molar-refractivity contribution in [1.29, 1.82) is 0 Å². The van der Waals surface area contributed by atoms with Crippen molar-refractivity contribution in [2.75, 3.05) is 36.5 Å². The highest BCUT2D eigenvalue weighted by molar-refractivity contribution is 6.03. The molecule has 1 aliphatic rings. The number of fused-ring (bicyclic) bond motifs is 1. The van der Waals surface area contributed by atoms with E-state index >= 15 is 0 Å². The normalized spacial score (nSPS) is 12.6. The van der Waals surface area contributed by atoms with E-state index in [0.717, 1.165) is 13.1 Å². The molecule has 0 bridgehead atoms. The summed E-state index contributed by atoms with van der Waals surface area (Å²) in [5, 5.41) is 2.83. The molecule has 1 aromatic carbocycles. The van der Waals surface area contributed by atoms with Crippen LogP contribution in [0.2, 0.25) is 0 Å². The van der Waals surface area contributed by atoms with E-state index in [2.05, 4.69) is 15.3 Å². The van der Waals surface area contributed by atoms with E-state index in [4.69, 9.17) is 9.47 Å². The fraction of sp³-hybridized carbons (Fsp3) is 0.353. The predicted molar refractivity (Wildman–Crippen MR) is 91.0 cm³/mol. The summed E-state index contributed by atoms with van der Waals surface area (Å²) >= 11 is 0. The third-order valence-corrected chi connectivity index (χ3v) is 3.72. The minimum Gasteiger partial charge on any atom is -0.486 e. The number of nitrogens with one attached hydrogen (secondary N) is 1. The lowest BCUT2D eigenvalue weighted by atomic mass is 10.2. The maximum atomic E-state index is 12.4. The van der Waals surface area contributed by atoms with Crippen molar-refractivity contribution >= 4 is 17.5 Å². The fourth-order valence-corrected chi connectivity index (χ4v) is 2.45. The maximum absolute atomic E-state index is 12.4. The molecule has 0 fully saturated rings. The summed E-state index contributed by atoms with van der Waals surface area (Å²) in [4.78, 5) is 23.0. The molecule has 7 nitrogen and oxygen atoms in total. The summed E-state index contributed by atoms with van der Waals surface area (Å²) in [5.74, 6) is 1.58.